The average Bonchev–Trinajstić information content (AvgIpc) is 2.55. The van der Waals surface area contributed by atoms with Crippen molar-refractivity contribution in [3.63, 3.8) is 0 Å². The summed E-state index contributed by atoms with van der Waals surface area (Å²) < 4.78 is 5.04. The lowest BCUT2D eigenvalue weighted by Crippen LogP contribution is -2.43. The van der Waals surface area contributed by atoms with Gasteiger partial charge in [-0.3, -0.25) is 10.0 Å². The molecule has 1 amide bonds. The molecule has 1 atom stereocenters. The molecular weight excluding hydrogens is 282 g/mol. The Balaban J connectivity index is 2.14. The summed E-state index contributed by atoms with van der Waals surface area (Å²) in [6.45, 7) is 1.36. The SMILES string of the molecule is COc1ccc(C(C)(O)C(=O)N(O)Cc2ccccc2)cc1. The molecule has 2 aromatic carbocycles. The summed E-state index contributed by atoms with van der Waals surface area (Å²) in [6.07, 6.45) is 0. The molecule has 2 aromatic rings. The molecule has 0 saturated heterocycles. The molecule has 5 nitrogen and oxygen atoms in total. The maximum absolute atomic E-state index is 12.3. The van der Waals surface area contributed by atoms with E-state index in [1.165, 1.54) is 14.0 Å². The van der Waals surface area contributed by atoms with Gasteiger partial charge in [0, 0.05) is 0 Å². The molecule has 0 fully saturated rings. The van der Waals surface area contributed by atoms with Crippen LogP contribution in [0.4, 0.5) is 0 Å². The van der Waals surface area contributed by atoms with Crippen LogP contribution in [-0.2, 0) is 16.9 Å². The summed E-state index contributed by atoms with van der Waals surface area (Å²) in [4.78, 5) is 12.3. The van der Waals surface area contributed by atoms with Crippen LogP contribution in [0.25, 0.3) is 0 Å². The first-order valence-electron chi connectivity index (χ1n) is 6.87. The summed E-state index contributed by atoms with van der Waals surface area (Å²) in [5.74, 6) is -0.168. The van der Waals surface area contributed by atoms with E-state index in [0.717, 1.165) is 5.56 Å². The summed E-state index contributed by atoms with van der Waals surface area (Å²) >= 11 is 0. The Morgan fingerprint density at radius 1 is 1.14 bits per heavy atom. The van der Waals surface area contributed by atoms with E-state index in [-0.39, 0.29) is 6.54 Å². The van der Waals surface area contributed by atoms with Crippen LogP contribution >= 0.6 is 0 Å². The zero-order valence-corrected chi connectivity index (χ0v) is 12.6. The number of aliphatic hydroxyl groups is 1. The summed E-state index contributed by atoms with van der Waals surface area (Å²) in [5, 5.41) is 21.0. The molecular formula is C17H19NO4. The zero-order chi connectivity index (χ0) is 16.2. The fourth-order valence-corrected chi connectivity index (χ4v) is 2.12. The van der Waals surface area contributed by atoms with E-state index in [2.05, 4.69) is 0 Å². The van der Waals surface area contributed by atoms with Gasteiger partial charge in [-0.15, -0.1) is 0 Å². The topological polar surface area (TPSA) is 70.0 Å². The largest absolute Gasteiger partial charge is 0.497 e. The van der Waals surface area contributed by atoms with Gasteiger partial charge in [-0.05, 0) is 30.2 Å². The number of ether oxygens (including phenoxy) is 1. The molecule has 2 N–H and O–H groups in total. The van der Waals surface area contributed by atoms with Crippen molar-refractivity contribution in [2.75, 3.05) is 7.11 Å². The molecule has 2 rings (SSSR count). The first kappa shape index (κ1) is 16.0. The highest BCUT2D eigenvalue weighted by molar-refractivity contribution is 5.85. The zero-order valence-electron chi connectivity index (χ0n) is 12.6. The van der Waals surface area contributed by atoms with Crippen LogP contribution < -0.4 is 4.74 Å². The molecule has 22 heavy (non-hydrogen) atoms. The summed E-state index contributed by atoms with van der Waals surface area (Å²) in [7, 11) is 1.54. The van der Waals surface area contributed by atoms with Crippen molar-refractivity contribution < 1.29 is 19.8 Å². The van der Waals surface area contributed by atoms with E-state index >= 15 is 0 Å². The van der Waals surface area contributed by atoms with Crippen molar-refractivity contribution in [2.24, 2.45) is 0 Å². The number of benzene rings is 2. The molecule has 0 radical (unpaired) electrons. The Hall–Kier alpha value is -2.37. The maximum atomic E-state index is 12.3. The molecule has 5 heteroatoms. The van der Waals surface area contributed by atoms with Crippen LogP contribution in [0.2, 0.25) is 0 Å². The van der Waals surface area contributed by atoms with E-state index < -0.39 is 11.5 Å². The third-order valence-electron chi connectivity index (χ3n) is 3.48. The maximum Gasteiger partial charge on any atom is 0.282 e. The Kier molecular flexibility index (Phi) is 4.80. The quantitative estimate of drug-likeness (QED) is 0.657. The Morgan fingerprint density at radius 3 is 2.27 bits per heavy atom. The van der Waals surface area contributed by atoms with Gasteiger partial charge in [-0.2, -0.15) is 0 Å². The van der Waals surface area contributed by atoms with Crippen LogP contribution in [0.1, 0.15) is 18.1 Å². The Bertz CT molecular complexity index is 623. The minimum absolute atomic E-state index is 0.00593. The second kappa shape index (κ2) is 6.60. The van der Waals surface area contributed by atoms with Gasteiger partial charge in [0.05, 0.1) is 13.7 Å². The number of hydrogen-bond donors (Lipinski definition) is 2. The molecule has 0 heterocycles. The smallest absolute Gasteiger partial charge is 0.282 e. The molecule has 0 aliphatic rings. The van der Waals surface area contributed by atoms with Gasteiger partial charge in [0.2, 0.25) is 0 Å². The highest BCUT2D eigenvalue weighted by atomic mass is 16.5. The van der Waals surface area contributed by atoms with E-state index in [1.807, 2.05) is 18.2 Å². The summed E-state index contributed by atoms with van der Waals surface area (Å²) in [6, 6.07) is 15.5. The van der Waals surface area contributed by atoms with Crippen LogP contribution in [0.5, 0.6) is 5.75 Å². The van der Waals surface area contributed by atoms with Crippen molar-refractivity contribution in [3.8, 4) is 5.75 Å². The van der Waals surface area contributed by atoms with Crippen LogP contribution in [-0.4, -0.2) is 28.4 Å². The minimum Gasteiger partial charge on any atom is -0.497 e. The van der Waals surface area contributed by atoms with E-state index in [1.54, 1.807) is 36.4 Å². The normalized spacial score (nSPS) is 13.3. The third-order valence-corrected chi connectivity index (χ3v) is 3.48. The van der Waals surface area contributed by atoms with Crippen LogP contribution in [0.15, 0.2) is 54.6 Å². The van der Waals surface area contributed by atoms with E-state index in [0.29, 0.717) is 16.4 Å². The van der Waals surface area contributed by atoms with Crippen molar-refractivity contribution >= 4 is 5.91 Å². The second-order valence-corrected chi connectivity index (χ2v) is 5.15. The fraction of sp³-hybridized carbons (Fsp3) is 0.235. The standard InChI is InChI=1S/C17H19NO4/c1-17(20,14-8-10-15(22-2)11-9-14)16(19)18(21)12-13-6-4-3-5-7-13/h3-11,20-21H,12H2,1-2H3. The van der Waals surface area contributed by atoms with Gasteiger partial charge < -0.3 is 9.84 Å². The predicted molar refractivity (Wildman–Crippen MR) is 81.3 cm³/mol. The van der Waals surface area contributed by atoms with Crippen LogP contribution in [0, 0.1) is 0 Å². The van der Waals surface area contributed by atoms with Gasteiger partial charge in [-0.25, -0.2) is 5.06 Å². The molecule has 1 unspecified atom stereocenters. The molecule has 0 saturated carbocycles. The number of methoxy groups -OCH3 is 1. The molecule has 0 spiro atoms. The number of hydroxylamine groups is 2. The third kappa shape index (κ3) is 3.44. The Labute approximate surface area is 129 Å². The lowest BCUT2D eigenvalue weighted by atomic mass is 9.94. The van der Waals surface area contributed by atoms with Gasteiger partial charge in [0.1, 0.15) is 5.75 Å². The average molecular weight is 301 g/mol. The first-order valence-corrected chi connectivity index (χ1v) is 6.87. The summed E-state index contributed by atoms with van der Waals surface area (Å²) in [5.41, 5.74) is -0.676. The highest BCUT2D eigenvalue weighted by Gasteiger charge is 2.36. The van der Waals surface area contributed by atoms with Gasteiger partial charge in [0.25, 0.3) is 5.91 Å². The van der Waals surface area contributed by atoms with Crippen molar-refractivity contribution in [1.29, 1.82) is 0 Å². The number of rotatable bonds is 5. The number of carbonyl (C=O) groups excluding carboxylic acids is 1. The van der Waals surface area contributed by atoms with Crippen LogP contribution in [0.3, 0.4) is 0 Å². The fourth-order valence-electron chi connectivity index (χ4n) is 2.12. The number of amides is 1. The molecule has 0 aromatic heterocycles. The molecule has 0 aliphatic carbocycles. The minimum atomic E-state index is -1.82. The highest BCUT2D eigenvalue weighted by Crippen LogP contribution is 2.25. The van der Waals surface area contributed by atoms with Crippen molar-refractivity contribution in [2.45, 2.75) is 19.1 Å². The first-order chi connectivity index (χ1) is 10.4. The van der Waals surface area contributed by atoms with E-state index in [4.69, 9.17) is 4.74 Å². The van der Waals surface area contributed by atoms with Gasteiger partial charge in [-0.1, -0.05) is 42.5 Å². The molecule has 0 bridgehead atoms. The number of carbonyl (C=O) groups is 1. The van der Waals surface area contributed by atoms with Crippen molar-refractivity contribution in [3.05, 3.63) is 65.7 Å². The lowest BCUT2D eigenvalue weighted by molar-refractivity contribution is -0.188. The predicted octanol–water partition coefficient (Wildman–Crippen LogP) is 2.32. The monoisotopic (exact) mass is 301 g/mol. The molecule has 0 aliphatic heterocycles. The Morgan fingerprint density at radius 2 is 1.73 bits per heavy atom. The second-order valence-electron chi connectivity index (χ2n) is 5.15. The van der Waals surface area contributed by atoms with Gasteiger partial charge in [0.15, 0.2) is 5.60 Å². The van der Waals surface area contributed by atoms with Gasteiger partial charge >= 0.3 is 0 Å². The van der Waals surface area contributed by atoms with Crippen molar-refractivity contribution in [1.82, 2.24) is 5.06 Å². The number of nitrogens with zero attached hydrogens (tertiary/aromatic N) is 1. The van der Waals surface area contributed by atoms with E-state index in [9.17, 15) is 15.1 Å². The number of hydrogen-bond acceptors (Lipinski definition) is 4. The lowest BCUT2D eigenvalue weighted by Gasteiger charge is -2.27. The molecule has 116 valence electrons.